The Hall–Kier alpha value is -1.06. The predicted molar refractivity (Wildman–Crippen MR) is 63.6 cm³/mol. The van der Waals surface area contributed by atoms with Crippen molar-refractivity contribution in [2.75, 3.05) is 26.2 Å². The molecule has 1 saturated heterocycles. The van der Waals surface area contributed by atoms with Crippen LogP contribution in [0, 0.1) is 0 Å². The van der Waals surface area contributed by atoms with Gasteiger partial charge in [-0.1, -0.05) is 18.2 Å². The minimum absolute atomic E-state index is 0.376. The van der Waals surface area contributed by atoms with Gasteiger partial charge in [-0.05, 0) is 38.1 Å². The van der Waals surface area contributed by atoms with Crippen molar-refractivity contribution in [1.29, 1.82) is 0 Å². The zero-order valence-electron chi connectivity index (χ0n) is 9.51. The van der Waals surface area contributed by atoms with Gasteiger partial charge in [0.15, 0.2) is 0 Å². The van der Waals surface area contributed by atoms with E-state index >= 15 is 0 Å². The molecule has 1 aliphatic heterocycles. The second-order valence-corrected chi connectivity index (χ2v) is 4.29. The third-order valence-corrected chi connectivity index (χ3v) is 2.85. The van der Waals surface area contributed by atoms with E-state index in [0.717, 1.165) is 25.4 Å². The van der Waals surface area contributed by atoms with E-state index in [0.29, 0.717) is 6.61 Å². The van der Waals surface area contributed by atoms with Crippen molar-refractivity contribution in [2.24, 2.45) is 0 Å². The molecule has 16 heavy (non-hydrogen) atoms. The lowest BCUT2D eigenvalue weighted by Gasteiger charge is -2.19. The number of rotatable bonds is 5. The molecule has 0 bridgehead atoms. The van der Waals surface area contributed by atoms with Crippen LogP contribution in [-0.2, 0) is 0 Å². The van der Waals surface area contributed by atoms with Gasteiger partial charge in [0, 0.05) is 6.54 Å². The zero-order chi connectivity index (χ0) is 11.2. The SMILES string of the molecule is O[C@H](COc1ccccc1)CN1CCCC1. The van der Waals surface area contributed by atoms with Gasteiger partial charge >= 0.3 is 0 Å². The third-order valence-electron chi connectivity index (χ3n) is 2.85. The molecule has 0 spiro atoms. The highest BCUT2D eigenvalue weighted by Gasteiger charge is 2.15. The van der Waals surface area contributed by atoms with Crippen molar-refractivity contribution >= 4 is 0 Å². The average Bonchev–Trinajstić information content (AvgIpc) is 2.81. The minimum atomic E-state index is -0.390. The summed E-state index contributed by atoms with van der Waals surface area (Å²) in [6.07, 6.45) is 2.12. The fraction of sp³-hybridized carbons (Fsp3) is 0.538. The Morgan fingerprint density at radius 1 is 1.19 bits per heavy atom. The van der Waals surface area contributed by atoms with Gasteiger partial charge in [-0.25, -0.2) is 0 Å². The minimum Gasteiger partial charge on any atom is -0.491 e. The first-order valence-electron chi connectivity index (χ1n) is 5.93. The quantitative estimate of drug-likeness (QED) is 0.818. The summed E-state index contributed by atoms with van der Waals surface area (Å²) in [7, 11) is 0. The standard InChI is InChI=1S/C13H19NO2/c15-12(10-14-8-4-5-9-14)11-16-13-6-2-1-3-7-13/h1-3,6-7,12,15H,4-5,8-11H2/t12-/m0/s1. The number of likely N-dealkylation sites (tertiary alicyclic amines) is 1. The normalized spacial score (nSPS) is 18.6. The second-order valence-electron chi connectivity index (χ2n) is 4.29. The molecule has 0 radical (unpaired) electrons. The van der Waals surface area contributed by atoms with Gasteiger partial charge in [-0.15, -0.1) is 0 Å². The fourth-order valence-corrected chi connectivity index (χ4v) is 2.03. The van der Waals surface area contributed by atoms with Crippen LogP contribution in [0.1, 0.15) is 12.8 Å². The molecular weight excluding hydrogens is 202 g/mol. The van der Waals surface area contributed by atoms with Crippen LogP contribution in [0.3, 0.4) is 0 Å². The molecule has 1 aromatic rings. The molecule has 3 heteroatoms. The molecule has 0 saturated carbocycles. The first-order chi connectivity index (χ1) is 7.84. The summed E-state index contributed by atoms with van der Waals surface area (Å²) in [6, 6.07) is 9.63. The Balaban J connectivity index is 1.69. The van der Waals surface area contributed by atoms with Crippen molar-refractivity contribution in [3.05, 3.63) is 30.3 Å². The zero-order valence-corrected chi connectivity index (χ0v) is 9.51. The maximum absolute atomic E-state index is 9.80. The smallest absolute Gasteiger partial charge is 0.119 e. The van der Waals surface area contributed by atoms with Gasteiger partial charge in [0.2, 0.25) is 0 Å². The van der Waals surface area contributed by atoms with Gasteiger partial charge in [-0.3, -0.25) is 0 Å². The van der Waals surface area contributed by atoms with Crippen molar-refractivity contribution in [3.8, 4) is 5.75 Å². The molecule has 1 N–H and O–H groups in total. The molecule has 3 nitrogen and oxygen atoms in total. The van der Waals surface area contributed by atoms with Crippen LogP contribution in [0.15, 0.2) is 30.3 Å². The first kappa shape index (κ1) is 11.4. The van der Waals surface area contributed by atoms with Gasteiger partial charge in [0.1, 0.15) is 18.5 Å². The Bertz CT molecular complexity index is 296. The third kappa shape index (κ3) is 3.51. The number of hydrogen-bond acceptors (Lipinski definition) is 3. The monoisotopic (exact) mass is 221 g/mol. The van der Waals surface area contributed by atoms with Crippen LogP contribution >= 0.6 is 0 Å². The second kappa shape index (κ2) is 5.87. The van der Waals surface area contributed by atoms with E-state index in [1.165, 1.54) is 12.8 Å². The van der Waals surface area contributed by atoms with E-state index in [4.69, 9.17) is 4.74 Å². The Morgan fingerprint density at radius 3 is 2.56 bits per heavy atom. The van der Waals surface area contributed by atoms with Crippen molar-refractivity contribution in [3.63, 3.8) is 0 Å². The Kier molecular flexibility index (Phi) is 4.19. The fourth-order valence-electron chi connectivity index (χ4n) is 2.03. The number of nitrogens with zero attached hydrogens (tertiary/aromatic N) is 1. The highest BCUT2D eigenvalue weighted by molar-refractivity contribution is 5.20. The maximum Gasteiger partial charge on any atom is 0.119 e. The van der Waals surface area contributed by atoms with E-state index in [1.807, 2.05) is 30.3 Å². The number of β-amino-alcohol motifs (C(OH)–C–C–N with tert-alkyl or cyclic N) is 1. The summed E-state index contributed by atoms with van der Waals surface area (Å²) in [5, 5.41) is 9.80. The molecule has 1 atom stereocenters. The molecule has 1 aromatic carbocycles. The van der Waals surface area contributed by atoms with Crippen molar-refractivity contribution < 1.29 is 9.84 Å². The van der Waals surface area contributed by atoms with Gasteiger partial charge in [0.25, 0.3) is 0 Å². The van der Waals surface area contributed by atoms with Crippen LogP contribution in [0.25, 0.3) is 0 Å². The van der Waals surface area contributed by atoms with Gasteiger partial charge < -0.3 is 14.7 Å². The summed E-state index contributed by atoms with van der Waals surface area (Å²) in [4.78, 5) is 2.29. The van der Waals surface area contributed by atoms with Gasteiger partial charge in [0.05, 0.1) is 0 Å². The molecule has 1 heterocycles. The van der Waals surface area contributed by atoms with E-state index < -0.39 is 6.10 Å². The largest absolute Gasteiger partial charge is 0.491 e. The predicted octanol–water partition coefficient (Wildman–Crippen LogP) is 1.52. The number of benzene rings is 1. The molecule has 1 aliphatic rings. The van der Waals surface area contributed by atoms with Crippen LogP contribution in [0.4, 0.5) is 0 Å². The lowest BCUT2D eigenvalue weighted by Crippen LogP contribution is -2.33. The highest BCUT2D eigenvalue weighted by atomic mass is 16.5. The number of ether oxygens (including phenoxy) is 1. The number of para-hydroxylation sites is 1. The number of hydrogen-bond donors (Lipinski definition) is 1. The molecule has 1 fully saturated rings. The van der Waals surface area contributed by atoms with E-state index in [1.54, 1.807) is 0 Å². The summed E-state index contributed by atoms with van der Waals surface area (Å²) in [5.41, 5.74) is 0. The molecule has 0 unspecified atom stereocenters. The Morgan fingerprint density at radius 2 is 1.88 bits per heavy atom. The molecular formula is C13H19NO2. The summed E-state index contributed by atoms with van der Waals surface area (Å²) in [5.74, 6) is 0.822. The molecule has 88 valence electrons. The summed E-state index contributed by atoms with van der Waals surface area (Å²) >= 11 is 0. The number of aliphatic hydroxyl groups excluding tert-OH is 1. The summed E-state index contributed by atoms with van der Waals surface area (Å²) < 4.78 is 5.50. The highest BCUT2D eigenvalue weighted by Crippen LogP contribution is 2.10. The van der Waals surface area contributed by atoms with E-state index in [2.05, 4.69) is 4.90 Å². The average molecular weight is 221 g/mol. The van der Waals surface area contributed by atoms with Gasteiger partial charge in [-0.2, -0.15) is 0 Å². The molecule has 0 aliphatic carbocycles. The summed E-state index contributed by atoms with van der Waals surface area (Å²) in [6.45, 7) is 3.33. The van der Waals surface area contributed by atoms with Crippen molar-refractivity contribution in [2.45, 2.75) is 18.9 Å². The number of aliphatic hydroxyl groups is 1. The Labute approximate surface area is 96.6 Å². The molecule has 2 rings (SSSR count). The van der Waals surface area contributed by atoms with Crippen molar-refractivity contribution in [1.82, 2.24) is 4.90 Å². The lowest BCUT2D eigenvalue weighted by atomic mass is 10.3. The van der Waals surface area contributed by atoms with E-state index in [-0.39, 0.29) is 0 Å². The van der Waals surface area contributed by atoms with Crippen LogP contribution in [0.2, 0.25) is 0 Å². The van der Waals surface area contributed by atoms with Crippen LogP contribution < -0.4 is 4.74 Å². The first-order valence-corrected chi connectivity index (χ1v) is 5.93. The van der Waals surface area contributed by atoms with Crippen LogP contribution in [-0.4, -0.2) is 42.4 Å². The van der Waals surface area contributed by atoms with E-state index in [9.17, 15) is 5.11 Å². The van der Waals surface area contributed by atoms with Crippen LogP contribution in [0.5, 0.6) is 5.75 Å². The topological polar surface area (TPSA) is 32.7 Å². The molecule has 0 aromatic heterocycles. The maximum atomic E-state index is 9.80. The molecule has 0 amide bonds. The lowest BCUT2D eigenvalue weighted by molar-refractivity contribution is 0.0758.